The number of hydrogen-bond acceptors (Lipinski definition) is 5. The number of nitrogens with one attached hydrogen (secondary N) is 1. The highest BCUT2D eigenvalue weighted by atomic mass is 19.1. The molecule has 2 atom stereocenters. The monoisotopic (exact) mass is 535 g/mol. The number of anilines is 1. The minimum Gasteiger partial charge on any atom is -0.448 e. The van der Waals surface area contributed by atoms with Gasteiger partial charge in [0, 0.05) is 36.6 Å². The van der Waals surface area contributed by atoms with Crippen molar-refractivity contribution in [3.63, 3.8) is 0 Å². The maximum absolute atomic E-state index is 14.0. The van der Waals surface area contributed by atoms with Crippen LogP contribution in [-0.2, 0) is 20.9 Å². The van der Waals surface area contributed by atoms with Crippen molar-refractivity contribution in [1.29, 1.82) is 0 Å². The van der Waals surface area contributed by atoms with Gasteiger partial charge in [0.25, 0.3) is 5.91 Å². The zero-order valence-electron chi connectivity index (χ0n) is 23.0. The number of aromatic nitrogens is 1. The third kappa shape index (κ3) is 3.97. The van der Waals surface area contributed by atoms with Gasteiger partial charge in [0.05, 0.1) is 16.6 Å². The maximum atomic E-state index is 14.0. The summed E-state index contributed by atoms with van der Waals surface area (Å²) >= 11 is 0. The number of ether oxygens (including phenoxy) is 2. The van der Waals surface area contributed by atoms with Crippen LogP contribution in [0, 0.1) is 16.6 Å². The van der Waals surface area contributed by atoms with Crippen molar-refractivity contribution in [2.45, 2.75) is 59.6 Å². The molecule has 8 nitrogen and oxygen atoms in total. The predicted molar refractivity (Wildman–Crippen MR) is 145 cm³/mol. The van der Waals surface area contributed by atoms with E-state index < -0.39 is 28.4 Å². The summed E-state index contributed by atoms with van der Waals surface area (Å²) in [5, 5.41) is 3.66. The molecule has 39 heavy (non-hydrogen) atoms. The fourth-order valence-corrected chi connectivity index (χ4v) is 5.99. The van der Waals surface area contributed by atoms with Gasteiger partial charge in [-0.15, -0.1) is 0 Å². The molecule has 0 unspecified atom stereocenters. The number of halogens is 1. The SMILES string of the molecule is CCN(CC)C(=O)Oc1ccc2c(ccn2Cc2ccc(F)cc2)c1NC(=O)[C@@]12CC[C@@](C)(C(=O)O1)C2(C)C. The number of hydrogen-bond donors (Lipinski definition) is 1. The number of fused-ring (bicyclic) bond motifs is 3. The Morgan fingerprint density at radius 3 is 2.33 bits per heavy atom. The molecule has 206 valence electrons. The Bertz CT molecular complexity index is 1460. The van der Waals surface area contributed by atoms with Gasteiger partial charge in [-0.2, -0.15) is 0 Å². The standard InChI is InChI=1S/C30H34FN3O5/c1-6-33(7-2)27(37)38-23-13-12-22-21(14-17-34(22)18-19-8-10-20(31)11-9-19)24(23)32-25(35)30-16-15-29(5,26(36)39-30)28(30,3)4/h8-14,17H,6-7,15-16,18H2,1-5H3,(H,32,35)/t29-,30+/m0/s1. The summed E-state index contributed by atoms with van der Waals surface area (Å²) < 4.78 is 27.0. The topological polar surface area (TPSA) is 89.9 Å². The second-order valence-electron chi connectivity index (χ2n) is 11.1. The highest BCUT2D eigenvalue weighted by molar-refractivity contribution is 6.09. The van der Waals surface area contributed by atoms with Crippen LogP contribution in [0.3, 0.4) is 0 Å². The molecule has 2 amide bonds. The van der Waals surface area contributed by atoms with Crippen LogP contribution in [0.15, 0.2) is 48.7 Å². The molecule has 2 aromatic carbocycles. The molecule has 0 spiro atoms. The van der Waals surface area contributed by atoms with E-state index in [9.17, 15) is 18.8 Å². The first kappa shape index (κ1) is 26.7. The molecule has 5 rings (SSSR count). The van der Waals surface area contributed by atoms with E-state index in [1.54, 1.807) is 23.1 Å². The number of nitrogens with zero attached hydrogens (tertiary/aromatic N) is 2. The van der Waals surface area contributed by atoms with Crippen LogP contribution in [0.25, 0.3) is 10.9 Å². The van der Waals surface area contributed by atoms with Crippen LogP contribution < -0.4 is 10.1 Å². The Morgan fingerprint density at radius 1 is 1.05 bits per heavy atom. The molecule has 2 aliphatic rings. The van der Waals surface area contributed by atoms with Crippen LogP contribution in [0.1, 0.15) is 53.0 Å². The van der Waals surface area contributed by atoms with E-state index in [2.05, 4.69) is 5.32 Å². The molecule has 3 aromatic rings. The van der Waals surface area contributed by atoms with Crippen molar-refractivity contribution in [2.75, 3.05) is 18.4 Å². The molecule has 0 radical (unpaired) electrons. The Morgan fingerprint density at radius 2 is 1.74 bits per heavy atom. The lowest BCUT2D eigenvalue weighted by Gasteiger charge is -2.35. The van der Waals surface area contributed by atoms with Gasteiger partial charge in [0.1, 0.15) is 5.82 Å². The van der Waals surface area contributed by atoms with Gasteiger partial charge in [-0.1, -0.05) is 26.0 Å². The summed E-state index contributed by atoms with van der Waals surface area (Å²) in [5.41, 5.74) is -0.807. The van der Waals surface area contributed by atoms with E-state index in [0.717, 1.165) is 11.1 Å². The molecule has 2 bridgehead atoms. The van der Waals surface area contributed by atoms with Crippen LogP contribution in [0.2, 0.25) is 0 Å². The minimum absolute atomic E-state index is 0.201. The van der Waals surface area contributed by atoms with E-state index in [4.69, 9.17) is 9.47 Å². The third-order valence-corrected chi connectivity index (χ3v) is 9.09. The molecule has 1 saturated carbocycles. The minimum atomic E-state index is -1.34. The predicted octanol–water partition coefficient (Wildman–Crippen LogP) is 5.73. The number of carbonyl (C=O) groups is 3. The van der Waals surface area contributed by atoms with Gasteiger partial charge in [0.2, 0.25) is 0 Å². The van der Waals surface area contributed by atoms with Crippen LogP contribution >= 0.6 is 0 Å². The smallest absolute Gasteiger partial charge is 0.415 e. The van der Waals surface area contributed by atoms with E-state index >= 15 is 0 Å². The molecular formula is C30H34FN3O5. The van der Waals surface area contributed by atoms with Crippen LogP contribution in [-0.4, -0.2) is 46.1 Å². The number of benzene rings is 2. The van der Waals surface area contributed by atoms with Gasteiger partial charge >= 0.3 is 12.1 Å². The fraction of sp³-hybridized carbons (Fsp3) is 0.433. The molecule has 1 aromatic heterocycles. The van der Waals surface area contributed by atoms with E-state index in [0.29, 0.717) is 43.5 Å². The summed E-state index contributed by atoms with van der Waals surface area (Å²) in [5.74, 6) is -0.919. The summed E-state index contributed by atoms with van der Waals surface area (Å²) in [6, 6.07) is 11.6. The Labute approximate surface area is 227 Å². The molecule has 1 aliphatic heterocycles. The first-order valence-electron chi connectivity index (χ1n) is 13.4. The zero-order chi connectivity index (χ0) is 28.2. The molecule has 2 fully saturated rings. The molecule has 1 saturated heterocycles. The largest absolute Gasteiger partial charge is 0.448 e. The second kappa shape index (κ2) is 9.39. The van der Waals surface area contributed by atoms with Crippen molar-refractivity contribution in [2.24, 2.45) is 10.8 Å². The van der Waals surface area contributed by atoms with Gasteiger partial charge < -0.3 is 24.3 Å². The lowest BCUT2D eigenvalue weighted by molar-refractivity contribution is -0.165. The molecule has 2 heterocycles. The first-order chi connectivity index (χ1) is 18.5. The lowest BCUT2D eigenvalue weighted by Crippen LogP contribution is -2.50. The van der Waals surface area contributed by atoms with Crippen molar-refractivity contribution in [3.8, 4) is 5.75 Å². The van der Waals surface area contributed by atoms with Gasteiger partial charge in [-0.3, -0.25) is 9.59 Å². The second-order valence-corrected chi connectivity index (χ2v) is 11.1. The molecule has 1 aliphatic carbocycles. The number of carbonyl (C=O) groups excluding carboxylic acids is 3. The Balaban J connectivity index is 1.55. The summed E-state index contributed by atoms with van der Waals surface area (Å²) in [6.45, 7) is 10.8. The normalized spacial score (nSPS) is 23.1. The number of rotatable bonds is 7. The van der Waals surface area contributed by atoms with Gasteiger partial charge in [0.15, 0.2) is 11.4 Å². The van der Waals surface area contributed by atoms with Crippen LogP contribution in [0.4, 0.5) is 14.9 Å². The number of amides is 2. The Kier molecular flexibility index (Phi) is 6.44. The van der Waals surface area contributed by atoms with Crippen molar-refractivity contribution in [3.05, 3.63) is 60.0 Å². The third-order valence-electron chi connectivity index (χ3n) is 9.09. The van der Waals surface area contributed by atoms with Gasteiger partial charge in [-0.25, -0.2) is 9.18 Å². The van der Waals surface area contributed by atoms with Crippen molar-refractivity contribution >= 4 is 34.6 Å². The average Bonchev–Trinajstić information content (AvgIpc) is 3.44. The summed E-state index contributed by atoms with van der Waals surface area (Å²) in [7, 11) is 0. The lowest BCUT2D eigenvalue weighted by atomic mass is 9.66. The van der Waals surface area contributed by atoms with Crippen molar-refractivity contribution in [1.82, 2.24) is 9.47 Å². The number of esters is 1. The molecular weight excluding hydrogens is 501 g/mol. The zero-order valence-corrected chi connectivity index (χ0v) is 23.0. The molecule has 1 N–H and O–H groups in total. The van der Waals surface area contributed by atoms with E-state index in [1.807, 2.05) is 57.5 Å². The average molecular weight is 536 g/mol. The van der Waals surface area contributed by atoms with Gasteiger partial charge in [-0.05, 0) is 69.5 Å². The molecule has 9 heteroatoms. The first-order valence-corrected chi connectivity index (χ1v) is 13.4. The Hall–Kier alpha value is -3.88. The highest BCUT2D eigenvalue weighted by Gasteiger charge is 2.75. The van der Waals surface area contributed by atoms with Crippen LogP contribution in [0.5, 0.6) is 5.75 Å². The fourth-order valence-electron chi connectivity index (χ4n) is 5.99. The van der Waals surface area contributed by atoms with Crippen molar-refractivity contribution < 1.29 is 28.2 Å². The highest BCUT2D eigenvalue weighted by Crippen LogP contribution is 2.65. The maximum Gasteiger partial charge on any atom is 0.415 e. The quantitative estimate of drug-likeness (QED) is 0.390. The van der Waals surface area contributed by atoms with E-state index in [-0.39, 0.29) is 17.5 Å². The summed E-state index contributed by atoms with van der Waals surface area (Å²) in [4.78, 5) is 41.2. The van der Waals surface area contributed by atoms with E-state index in [1.165, 1.54) is 12.1 Å². The summed E-state index contributed by atoms with van der Waals surface area (Å²) in [6.07, 6.45) is 2.29.